The van der Waals surface area contributed by atoms with E-state index in [0.717, 1.165) is 12.3 Å². The Balaban J connectivity index is 2.19. The summed E-state index contributed by atoms with van der Waals surface area (Å²) in [6.07, 6.45) is -1.14. The number of ether oxygens (including phenoxy) is 2. The molecule has 0 radical (unpaired) electrons. The SMILES string of the molecule is C=CCOc1ccc(/C=N/NC(=O)CN(c2cc(C(F)(F)F)ccc2Cl)S(C)(=O)=O)cc1OCC. The van der Waals surface area contributed by atoms with Gasteiger partial charge in [0.15, 0.2) is 11.5 Å². The van der Waals surface area contributed by atoms with Crippen LogP contribution in [0.15, 0.2) is 54.2 Å². The second-order valence-electron chi connectivity index (χ2n) is 6.97. The average molecular weight is 534 g/mol. The summed E-state index contributed by atoms with van der Waals surface area (Å²) in [6.45, 7) is 5.17. The highest BCUT2D eigenvalue weighted by Crippen LogP contribution is 2.36. The van der Waals surface area contributed by atoms with Crippen LogP contribution in [0.3, 0.4) is 0 Å². The second kappa shape index (κ2) is 11.9. The van der Waals surface area contributed by atoms with Crippen molar-refractivity contribution in [3.05, 3.63) is 65.2 Å². The highest BCUT2D eigenvalue weighted by Gasteiger charge is 2.33. The molecule has 2 aromatic carbocycles. The van der Waals surface area contributed by atoms with Gasteiger partial charge < -0.3 is 9.47 Å². The van der Waals surface area contributed by atoms with E-state index in [2.05, 4.69) is 17.1 Å². The zero-order chi connectivity index (χ0) is 26.2. The van der Waals surface area contributed by atoms with Gasteiger partial charge in [0, 0.05) is 0 Å². The summed E-state index contributed by atoms with van der Waals surface area (Å²) in [5, 5.41) is 3.50. The minimum absolute atomic E-state index is 0.274. The number of carbonyl (C=O) groups is 1. The van der Waals surface area contributed by atoms with Crippen LogP contribution in [0.5, 0.6) is 11.5 Å². The number of amides is 1. The Bertz CT molecular complexity index is 1200. The van der Waals surface area contributed by atoms with E-state index in [0.29, 0.717) is 40.1 Å². The Morgan fingerprint density at radius 2 is 1.91 bits per heavy atom. The smallest absolute Gasteiger partial charge is 0.416 e. The zero-order valence-corrected chi connectivity index (χ0v) is 20.4. The molecule has 0 saturated heterocycles. The summed E-state index contributed by atoms with van der Waals surface area (Å²) in [5.41, 5.74) is 1.07. The number of nitrogens with zero attached hydrogens (tertiary/aromatic N) is 2. The molecule has 0 unspecified atom stereocenters. The molecule has 0 spiro atoms. The molecule has 2 rings (SSSR count). The standard InChI is InChI=1S/C22H23ClF3N3O5S/c1-4-10-34-19-9-6-15(11-20(19)33-5-2)13-27-28-21(30)14-29(35(3,31)32)18-12-16(22(24,25)26)7-8-17(18)23/h4,6-9,11-13H,1,5,10,14H2,2-3H3,(H,28,30)/b27-13+. The van der Waals surface area contributed by atoms with E-state index in [1.807, 2.05) is 0 Å². The molecule has 13 heteroatoms. The molecule has 2 aromatic rings. The molecule has 190 valence electrons. The highest BCUT2D eigenvalue weighted by atomic mass is 35.5. The highest BCUT2D eigenvalue weighted by molar-refractivity contribution is 7.92. The fourth-order valence-electron chi connectivity index (χ4n) is 2.75. The van der Waals surface area contributed by atoms with E-state index < -0.39 is 39.9 Å². The van der Waals surface area contributed by atoms with Gasteiger partial charge in [0.1, 0.15) is 13.2 Å². The molecule has 1 N–H and O–H groups in total. The van der Waals surface area contributed by atoms with Crippen molar-refractivity contribution in [1.29, 1.82) is 0 Å². The summed E-state index contributed by atoms with van der Waals surface area (Å²) in [7, 11) is -4.17. The van der Waals surface area contributed by atoms with E-state index >= 15 is 0 Å². The second-order valence-corrected chi connectivity index (χ2v) is 9.28. The van der Waals surface area contributed by atoms with Crippen molar-refractivity contribution >= 4 is 39.4 Å². The largest absolute Gasteiger partial charge is 0.490 e. The number of sulfonamides is 1. The first-order valence-corrected chi connectivity index (χ1v) is 12.3. The van der Waals surface area contributed by atoms with Crippen LogP contribution in [0.25, 0.3) is 0 Å². The number of hydrazone groups is 1. The number of carbonyl (C=O) groups excluding carboxylic acids is 1. The Morgan fingerprint density at radius 1 is 1.20 bits per heavy atom. The van der Waals surface area contributed by atoms with E-state index in [1.165, 1.54) is 6.21 Å². The van der Waals surface area contributed by atoms with E-state index in [1.54, 1.807) is 31.2 Å². The molecule has 0 saturated carbocycles. The van der Waals surface area contributed by atoms with Crippen molar-refractivity contribution in [1.82, 2.24) is 5.43 Å². The van der Waals surface area contributed by atoms with Gasteiger partial charge in [-0.25, -0.2) is 13.8 Å². The maximum atomic E-state index is 13.1. The number of anilines is 1. The topological polar surface area (TPSA) is 97.3 Å². The van der Waals surface area contributed by atoms with Crippen LogP contribution in [0.4, 0.5) is 18.9 Å². The van der Waals surface area contributed by atoms with Gasteiger partial charge in [-0.3, -0.25) is 9.10 Å². The normalized spacial score (nSPS) is 11.8. The van der Waals surface area contributed by atoms with Gasteiger partial charge in [-0.15, -0.1) is 0 Å². The Hall–Kier alpha value is -3.25. The lowest BCUT2D eigenvalue weighted by Gasteiger charge is -2.23. The van der Waals surface area contributed by atoms with Gasteiger partial charge in [0.2, 0.25) is 10.0 Å². The number of hydrogen-bond donors (Lipinski definition) is 1. The van der Waals surface area contributed by atoms with Crippen LogP contribution in [-0.4, -0.2) is 46.6 Å². The number of rotatable bonds is 11. The van der Waals surface area contributed by atoms with Gasteiger partial charge in [-0.1, -0.05) is 24.3 Å². The van der Waals surface area contributed by atoms with Gasteiger partial charge >= 0.3 is 6.18 Å². The number of hydrogen-bond acceptors (Lipinski definition) is 6. The Kier molecular flexibility index (Phi) is 9.55. The molecular formula is C22H23ClF3N3O5S. The molecule has 35 heavy (non-hydrogen) atoms. The number of nitrogens with one attached hydrogen (secondary N) is 1. The minimum Gasteiger partial charge on any atom is -0.490 e. The molecular weight excluding hydrogens is 511 g/mol. The van der Waals surface area contributed by atoms with Crippen LogP contribution in [-0.2, 0) is 21.0 Å². The lowest BCUT2D eigenvalue weighted by molar-refractivity contribution is -0.137. The minimum atomic E-state index is -4.73. The summed E-state index contributed by atoms with van der Waals surface area (Å²) in [6, 6.07) is 7.07. The van der Waals surface area contributed by atoms with Gasteiger partial charge in [-0.2, -0.15) is 18.3 Å². The molecule has 0 heterocycles. The predicted molar refractivity (Wildman–Crippen MR) is 128 cm³/mol. The molecule has 8 nitrogen and oxygen atoms in total. The first-order chi connectivity index (χ1) is 16.4. The van der Waals surface area contributed by atoms with Crippen LogP contribution < -0.4 is 19.2 Å². The monoisotopic (exact) mass is 533 g/mol. The third-order valence-corrected chi connectivity index (χ3v) is 5.70. The van der Waals surface area contributed by atoms with Crippen LogP contribution in [0, 0.1) is 0 Å². The van der Waals surface area contributed by atoms with Crippen molar-refractivity contribution in [2.45, 2.75) is 13.1 Å². The molecule has 0 bridgehead atoms. The van der Waals surface area contributed by atoms with Crippen molar-refractivity contribution < 1.29 is 35.9 Å². The summed E-state index contributed by atoms with van der Waals surface area (Å²) in [5.74, 6) is 0.0119. The summed E-state index contributed by atoms with van der Waals surface area (Å²) in [4.78, 5) is 12.3. The van der Waals surface area contributed by atoms with Gasteiger partial charge in [-0.05, 0) is 48.9 Å². The van der Waals surface area contributed by atoms with Crippen LogP contribution in [0.2, 0.25) is 5.02 Å². The third kappa shape index (κ3) is 8.18. The summed E-state index contributed by atoms with van der Waals surface area (Å²) < 4.78 is 75.2. The number of alkyl halides is 3. The molecule has 0 atom stereocenters. The quantitative estimate of drug-likeness (QED) is 0.265. The molecule has 0 aliphatic carbocycles. The molecule has 0 aromatic heterocycles. The average Bonchev–Trinajstić information content (AvgIpc) is 2.76. The van der Waals surface area contributed by atoms with Crippen LogP contribution >= 0.6 is 11.6 Å². The predicted octanol–water partition coefficient (Wildman–Crippen LogP) is 4.24. The number of benzene rings is 2. The van der Waals surface area contributed by atoms with Crippen molar-refractivity contribution in [2.24, 2.45) is 5.10 Å². The van der Waals surface area contributed by atoms with Crippen LogP contribution in [0.1, 0.15) is 18.1 Å². The van der Waals surface area contributed by atoms with E-state index in [4.69, 9.17) is 21.1 Å². The zero-order valence-electron chi connectivity index (χ0n) is 18.8. The number of halogens is 4. The first-order valence-electron chi connectivity index (χ1n) is 10.0. The van der Waals surface area contributed by atoms with Crippen molar-refractivity contribution in [3.63, 3.8) is 0 Å². The van der Waals surface area contributed by atoms with Crippen molar-refractivity contribution in [2.75, 3.05) is 30.3 Å². The molecule has 0 aliphatic rings. The molecule has 0 aliphatic heterocycles. The Morgan fingerprint density at radius 3 is 2.51 bits per heavy atom. The summed E-state index contributed by atoms with van der Waals surface area (Å²) >= 11 is 5.94. The van der Waals surface area contributed by atoms with E-state index in [9.17, 15) is 26.4 Å². The lowest BCUT2D eigenvalue weighted by atomic mass is 10.2. The molecule has 0 fully saturated rings. The van der Waals surface area contributed by atoms with E-state index in [-0.39, 0.29) is 11.6 Å². The Labute approximate surface area is 206 Å². The maximum Gasteiger partial charge on any atom is 0.416 e. The lowest BCUT2D eigenvalue weighted by Crippen LogP contribution is -2.39. The fraction of sp³-hybridized carbons (Fsp3) is 0.273. The third-order valence-electron chi connectivity index (χ3n) is 4.26. The maximum absolute atomic E-state index is 13.1. The fourth-order valence-corrected chi connectivity index (χ4v) is 3.88. The molecule has 1 amide bonds. The van der Waals surface area contributed by atoms with Gasteiger partial charge in [0.25, 0.3) is 5.91 Å². The van der Waals surface area contributed by atoms with Crippen molar-refractivity contribution in [3.8, 4) is 11.5 Å². The van der Waals surface area contributed by atoms with Gasteiger partial charge in [0.05, 0.1) is 35.4 Å². The first kappa shape index (κ1) is 28.0.